The summed E-state index contributed by atoms with van der Waals surface area (Å²) in [7, 11) is 2.14. The molecule has 0 aromatic rings. The normalized spacial score (nSPS) is 21.8. The number of hydrogen-bond acceptors (Lipinski definition) is 1. The highest BCUT2D eigenvalue weighted by Gasteiger charge is 2.23. The zero-order valence-electron chi connectivity index (χ0n) is 13.4. The lowest BCUT2D eigenvalue weighted by Gasteiger charge is -2.31. The fourth-order valence-electron chi connectivity index (χ4n) is 3.07. The summed E-state index contributed by atoms with van der Waals surface area (Å²) in [6, 6.07) is 0.723. The largest absolute Gasteiger partial charge is 0.317 e. The Morgan fingerprint density at radius 3 is 2.22 bits per heavy atom. The molecule has 1 nitrogen and oxygen atoms in total. The van der Waals surface area contributed by atoms with Crippen LogP contribution in [-0.4, -0.2) is 13.1 Å². The fraction of sp³-hybridized carbons (Fsp3) is 1.00. The minimum Gasteiger partial charge on any atom is -0.317 e. The molecule has 0 aliphatic heterocycles. The van der Waals surface area contributed by atoms with E-state index < -0.39 is 0 Å². The first kappa shape index (κ1) is 16.0. The van der Waals surface area contributed by atoms with E-state index in [1.807, 2.05) is 0 Å². The van der Waals surface area contributed by atoms with Crippen LogP contribution in [0.25, 0.3) is 0 Å². The first-order valence-corrected chi connectivity index (χ1v) is 8.10. The van der Waals surface area contributed by atoms with E-state index in [1.165, 1.54) is 51.4 Å². The van der Waals surface area contributed by atoms with Gasteiger partial charge in [-0.1, -0.05) is 59.8 Å². The van der Waals surface area contributed by atoms with Gasteiger partial charge in [-0.15, -0.1) is 0 Å². The smallest absolute Gasteiger partial charge is 0.00669 e. The summed E-state index contributed by atoms with van der Waals surface area (Å²) in [5.41, 5.74) is 0.444. The predicted molar refractivity (Wildman–Crippen MR) is 81.9 cm³/mol. The van der Waals surface area contributed by atoms with Crippen molar-refractivity contribution in [3.05, 3.63) is 0 Å². The molecule has 1 saturated carbocycles. The van der Waals surface area contributed by atoms with Gasteiger partial charge in [0, 0.05) is 6.04 Å². The first-order chi connectivity index (χ1) is 8.43. The van der Waals surface area contributed by atoms with E-state index in [0.717, 1.165) is 17.9 Å². The monoisotopic (exact) mass is 253 g/mol. The molecule has 1 aliphatic rings. The van der Waals surface area contributed by atoms with Crippen LogP contribution in [-0.2, 0) is 0 Å². The van der Waals surface area contributed by atoms with Crippen LogP contribution in [0.3, 0.4) is 0 Å². The highest BCUT2D eigenvalue weighted by molar-refractivity contribution is 4.77. The second kappa shape index (κ2) is 7.53. The van der Waals surface area contributed by atoms with E-state index in [4.69, 9.17) is 0 Å². The van der Waals surface area contributed by atoms with E-state index in [9.17, 15) is 0 Å². The summed E-state index contributed by atoms with van der Waals surface area (Å²) in [4.78, 5) is 0. The van der Waals surface area contributed by atoms with E-state index in [-0.39, 0.29) is 0 Å². The molecule has 1 rings (SSSR count). The third-order valence-corrected chi connectivity index (χ3v) is 5.17. The SMILES string of the molecule is CNC(CCC1CCCCC1)CC(C)C(C)(C)C. The average molecular weight is 253 g/mol. The highest BCUT2D eigenvalue weighted by atomic mass is 14.9. The van der Waals surface area contributed by atoms with Crippen LogP contribution in [0.2, 0.25) is 0 Å². The summed E-state index contributed by atoms with van der Waals surface area (Å²) in [5, 5.41) is 3.54. The molecule has 0 amide bonds. The van der Waals surface area contributed by atoms with Gasteiger partial charge in [-0.25, -0.2) is 0 Å². The standard InChI is InChI=1S/C17H35N/c1-14(17(2,3)4)13-16(18-5)12-11-15-9-7-6-8-10-15/h14-16,18H,6-13H2,1-5H3. The molecule has 0 spiro atoms. The van der Waals surface area contributed by atoms with Gasteiger partial charge in [-0.2, -0.15) is 0 Å². The third kappa shape index (κ3) is 5.73. The predicted octanol–water partition coefficient (Wildman–Crippen LogP) is 5.01. The van der Waals surface area contributed by atoms with Gasteiger partial charge in [0.15, 0.2) is 0 Å². The van der Waals surface area contributed by atoms with Crippen LogP contribution < -0.4 is 5.32 Å². The Hall–Kier alpha value is -0.0400. The van der Waals surface area contributed by atoms with Gasteiger partial charge < -0.3 is 5.32 Å². The second-order valence-electron chi connectivity index (χ2n) is 7.57. The van der Waals surface area contributed by atoms with Crippen LogP contribution in [0.5, 0.6) is 0 Å². The first-order valence-electron chi connectivity index (χ1n) is 8.10. The molecular weight excluding hydrogens is 218 g/mol. The Morgan fingerprint density at radius 2 is 1.72 bits per heavy atom. The molecule has 0 heterocycles. The van der Waals surface area contributed by atoms with Crippen molar-refractivity contribution in [3.63, 3.8) is 0 Å². The summed E-state index contributed by atoms with van der Waals surface area (Å²) in [6.07, 6.45) is 11.6. The molecule has 108 valence electrons. The van der Waals surface area contributed by atoms with E-state index >= 15 is 0 Å². The number of rotatable bonds is 6. The molecule has 0 bridgehead atoms. The molecule has 1 N–H and O–H groups in total. The van der Waals surface area contributed by atoms with Crippen molar-refractivity contribution < 1.29 is 0 Å². The van der Waals surface area contributed by atoms with E-state index in [2.05, 4.69) is 40.1 Å². The van der Waals surface area contributed by atoms with Crippen molar-refractivity contribution in [3.8, 4) is 0 Å². The van der Waals surface area contributed by atoms with Crippen LogP contribution in [0.1, 0.15) is 79.1 Å². The maximum atomic E-state index is 3.54. The van der Waals surface area contributed by atoms with Crippen LogP contribution in [0, 0.1) is 17.3 Å². The summed E-state index contributed by atoms with van der Waals surface area (Å²) in [5.74, 6) is 1.82. The van der Waals surface area contributed by atoms with Gasteiger partial charge in [0.25, 0.3) is 0 Å². The minimum atomic E-state index is 0.444. The molecule has 1 heteroatoms. The minimum absolute atomic E-state index is 0.444. The van der Waals surface area contributed by atoms with Crippen LogP contribution in [0.15, 0.2) is 0 Å². The average Bonchev–Trinajstić information content (AvgIpc) is 2.34. The van der Waals surface area contributed by atoms with Gasteiger partial charge in [-0.3, -0.25) is 0 Å². The Bertz CT molecular complexity index is 210. The molecule has 0 radical (unpaired) electrons. The zero-order chi connectivity index (χ0) is 13.6. The Labute approximate surface area is 115 Å². The van der Waals surface area contributed by atoms with Crippen LogP contribution >= 0.6 is 0 Å². The molecule has 1 aliphatic carbocycles. The molecule has 2 atom stereocenters. The highest BCUT2D eigenvalue weighted by Crippen LogP contribution is 2.32. The Kier molecular flexibility index (Phi) is 6.70. The summed E-state index contributed by atoms with van der Waals surface area (Å²) >= 11 is 0. The number of nitrogens with one attached hydrogen (secondary N) is 1. The van der Waals surface area contributed by atoms with Gasteiger partial charge in [0.1, 0.15) is 0 Å². The maximum Gasteiger partial charge on any atom is 0.00669 e. The molecule has 0 saturated heterocycles. The van der Waals surface area contributed by atoms with Gasteiger partial charge in [0.05, 0.1) is 0 Å². The van der Waals surface area contributed by atoms with Crippen LogP contribution in [0.4, 0.5) is 0 Å². The molecular formula is C17H35N. The lowest BCUT2D eigenvalue weighted by Crippen LogP contribution is -2.31. The molecule has 18 heavy (non-hydrogen) atoms. The van der Waals surface area contributed by atoms with Crippen molar-refractivity contribution in [2.45, 2.75) is 85.1 Å². The summed E-state index contributed by atoms with van der Waals surface area (Å²) in [6.45, 7) is 9.51. The molecule has 1 fully saturated rings. The van der Waals surface area contributed by atoms with E-state index in [0.29, 0.717) is 5.41 Å². The Morgan fingerprint density at radius 1 is 1.11 bits per heavy atom. The van der Waals surface area contributed by atoms with Crippen molar-refractivity contribution >= 4 is 0 Å². The van der Waals surface area contributed by atoms with Gasteiger partial charge >= 0.3 is 0 Å². The maximum absolute atomic E-state index is 3.54. The quantitative estimate of drug-likeness (QED) is 0.702. The number of hydrogen-bond donors (Lipinski definition) is 1. The van der Waals surface area contributed by atoms with Crippen molar-refractivity contribution in [1.29, 1.82) is 0 Å². The zero-order valence-corrected chi connectivity index (χ0v) is 13.4. The third-order valence-electron chi connectivity index (χ3n) is 5.17. The van der Waals surface area contributed by atoms with Crippen molar-refractivity contribution in [1.82, 2.24) is 5.32 Å². The lowest BCUT2D eigenvalue weighted by atomic mass is 9.77. The Balaban J connectivity index is 2.28. The van der Waals surface area contributed by atoms with Gasteiger partial charge in [0.2, 0.25) is 0 Å². The fourth-order valence-corrected chi connectivity index (χ4v) is 3.07. The molecule has 0 aromatic heterocycles. The molecule has 0 aromatic carbocycles. The molecule has 2 unspecified atom stereocenters. The second-order valence-corrected chi connectivity index (χ2v) is 7.57. The summed E-state index contributed by atoms with van der Waals surface area (Å²) < 4.78 is 0. The van der Waals surface area contributed by atoms with E-state index in [1.54, 1.807) is 0 Å². The topological polar surface area (TPSA) is 12.0 Å². The lowest BCUT2D eigenvalue weighted by molar-refractivity contribution is 0.214. The van der Waals surface area contributed by atoms with Crippen molar-refractivity contribution in [2.24, 2.45) is 17.3 Å². The van der Waals surface area contributed by atoms with Crippen molar-refractivity contribution in [2.75, 3.05) is 7.05 Å². The van der Waals surface area contributed by atoms with Gasteiger partial charge in [-0.05, 0) is 43.6 Å².